The summed E-state index contributed by atoms with van der Waals surface area (Å²) in [5, 5.41) is 3.01. The van der Waals surface area contributed by atoms with Crippen molar-refractivity contribution in [3.8, 4) is 5.75 Å². The molecule has 0 saturated carbocycles. The molecule has 2 aromatic carbocycles. The van der Waals surface area contributed by atoms with Crippen molar-refractivity contribution in [2.75, 3.05) is 12.4 Å². The largest absolute Gasteiger partial charge is 0.496 e. The van der Waals surface area contributed by atoms with Crippen molar-refractivity contribution >= 4 is 27.5 Å². The zero-order chi connectivity index (χ0) is 16.1. The van der Waals surface area contributed by atoms with Gasteiger partial charge < -0.3 is 10.1 Å². The van der Waals surface area contributed by atoms with Crippen LogP contribution in [0.3, 0.4) is 0 Å². The van der Waals surface area contributed by atoms with E-state index < -0.39 is 0 Å². The Bertz CT molecular complexity index is 663. The first-order valence-corrected chi connectivity index (χ1v) is 7.99. The predicted molar refractivity (Wildman–Crippen MR) is 93.6 cm³/mol. The normalized spacial score (nSPS) is 10.4. The molecular weight excluding hydrogens is 342 g/mol. The number of methoxy groups -OCH3 is 1. The van der Waals surface area contributed by atoms with Gasteiger partial charge in [-0.1, -0.05) is 24.3 Å². The van der Waals surface area contributed by atoms with Crippen LogP contribution in [0, 0.1) is 13.8 Å². The first-order valence-electron chi connectivity index (χ1n) is 7.19. The number of hydrogen-bond donors (Lipinski definition) is 1. The van der Waals surface area contributed by atoms with Crippen molar-refractivity contribution in [3.05, 3.63) is 57.6 Å². The van der Waals surface area contributed by atoms with Crippen molar-refractivity contribution in [1.82, 2.24) is 0 Å². The van der Waals surface area contributed by atoms with Crippen LogP contribution < -0.4 is 10.1 Å². The number of anilines is 1. The molecule has 1 amide bonds. The summed E-state index contributed by atoms with van der Waals surface area (Å²) in [5.41, 5.74) is 4.19. The van der Waals surface area contributed by atoms with E-state index >= 15 is 0 Å². The monoisotopic (exact) mass is 361 g/mol. The first kappa shape index (κ1) is 16.6. The van der Waals surface area contributed by atoms with Gasteiger partial charge in [0.2, 0.25) is 5.91 Å². The third kappa shape index (κ3) is 4.10. The van der Waals surface area contributed by atoms with Gasteiger partial charge in [-0.2, -0.15) is 0 Å². The Kier molecular flexibility index (Phi) is 5.61. The van der Waals surface area contributed by atoms with E-state index in [4.69, 9.17) is 4.74 Å². The van der Waals surface area contributed by atoms with E-state index in [-0.39, 0.29) is 5.91 Å². The Balaban J connectivity index is 1.97. The summed E-state index contributed by atoms with van der Waals surface area (Å²) in [6.07, 6.45) is 1.14. The average molecular weight is 362 g/mol. The molecular formula is C18H20BrNO2. The van der Waals surface area contributed by atoms with Crippen LogP contribution in [-0.4, -0.2) is 13.0 Å². The lowest BCUT2D eigenvalue weighted by Gasteiger charge is -2.11. The Morgan fingerprint density at radius 2 is 1.86 bits per heavy atom. The third-order valence-corrected chi connectivity index (χ3v) is 4.22. The lowest BCUT2D eigenvalue weighted by molar-refractivity contribution is -0.116. The molecule has 2 aromatic rings. The fraction of sp³-hybridized carbons (Fsp3) is 0.278. The van der Waals surface area contributed by atoms with Gasteiger partial charge in [0, 0.05) is 12.1 Å². The maximum atomic E-state index is 12.2. The molecule has 0 bridgehead atoms. The number of rotatable bonds is 5. The van der Waals surface area contributed by atoms with E-state index in [9.17, 15) is 4.79 Å². The van der Waals surface area contributed by atoms with E-state index in [1.165, 1.54) is 0 Å². The molecule has 3 nitrogen and oxygen atoms in total. The zero-order valence-electron chi connectivity index (χ0n) is 13.1. The SMILES string of the molecule is COc1ccc(CCC(=O)Nc2c(C)cccc2C)cc1Br. The van der Waals surface area contributed by atoms with E-state index in [0.717, 1.165) is 32.6 Å². The second kappa shape index (κ2) is 7.45. The molecule has 0 aromatic heterocycles. The molecule has 0 fully saturated rings. The van der Waals surface area contributed by atoms with Crippen LogP contribution in [0.15, 0.2) is 40.9 Å². The number of hydrogen-bond acceptors (Lipinski definition) is 2. The second-order valence-electron chi connectivity index (χ2n) is 5.28. The number of halogens is 1. The van der Waals surface area contributed by atoms with Crippen LogP contribution >= 0.6 is 15.9 Å². The Morgan fingerprint density at radius 3 is 2.45 bits per heavy atom. The van der Waals surface area contributed by atoms with Crippen LogP contribution in [0.5, 0.6) is 5.75 Å². The number of nitrogens with one attached hydrogen (secondary N) is 1. The third-order valence-electron chi connectivity index (χ3n) is 3.60. The molecule has 0 aliphatic carbocycles. The van der Waals surface area contributed by atoms with Gasteiger partial charge >= 0.3 is 0 Å². The first-order chi connectivity index (χ1) is 10.5. The van der Waals surface area contributed by atoms with Crippen molar-refractivity contribution in [2.24, 2.45) is 0 Å². The molecule has 0 aliphatic rings. The van der Waals surface area contributed by atoms with E-state index in [1.807, 2.05) is 50.2 Å². The molecule has 0 atom stereocenters. The molecule has 0 spiro atoms. The summed E-state index contributed by atoms with van der Waals surface area (Å²) in [4.78, 5) is 12.2. The van der Waals surface area contributed by atoms with Crippen molar-refractivity contribution in [2.45, 2.75) is 26.7 Å². The summed E-state index contributed by atoms with van der Waals surface area (Å²) >= 11 is 3.46. The van der Waals surface area contributed by atoms with Gasteiger partial charge in [-0.15, -0.1) is 0 Å². The Labute approximate surface area is 139 Å². The number of benzene rings is 2. The Hall–Kier alpha value is -1.81. The van der Waals surface area contributed by atoms with E-state index in [2.05, 4.69) is 21.2 Å². The van der Waals surface area contributed by atoms with Crippen LogP contribution in [0.1, 0.15) is 23.1 Å². The quantitative estimate of drug-likeness (QED) is 0.841. The highest BCUT2D eigenvalue weighted by atomic mass is 79.9. The molecule has 0 saturated heterocycles. The number of carbonyl (C=O) groups excluding carboxylic acids is 1. The highest BCUT2D eigenvalue weighted by molar-refractivity contribution is 9.10. The average Bonchev–Trinajstić information content (AvgIpc) is 2.49. The van der Waals surface area contributed by atoms with Gasteiger partial charge in [-0.25, -0.2) is 0 Å². The van der Waals surface area contributed by atoms with Crippen LogP contribution in [0.25, 0.3) is 0 Å². The van der Waals surface area contributed by atoms with Crippen molar-refractivity contribution < 1.29 is 9.53 Å². The highest BCUT2D eigenvalue weighted by Crippen LogP contribution is 2.26. The zero-order valence-corrected chi connectivity index (χ0v) is 14.7. The molecule has 1 N–H and O–H groups in total. The molecule has 0 radical (unpaired) electrons. The number of amides is 1. The fourth-order valence-corrected chi connectivity index (χ4v) is 2.92. The lowest BCUT2D eigenvalue weighted by atomic mass is 10.1. The number of ether oxygens (including phenoxy) is 1. The lowest BCUT2D eigenvalue weighted by Crippen LogP contribution is -2.14. The van der Waals surface area contributed by atoms with Gasteiger partial charge in [0.15, 0.2) is 0 Å². The van der Waals surface area contributed by atoms with Crippen LogP contribution in [0.2, 0.25) is 0 Å². The molecule has 0 aliphatic heterocycles. The molecule has 2 rings (SSSR count). The maximum Gasteiger partial charge on any atom is 0.224 e. The minimum atomic E-state index is 0.0318. The van der Waals surface area contributed by atoms with Gasteiger partial charge in [-0.3, -0.25) is 4.79 Å². The Morgan fingerprint density at radius 1 is 1.18 bits per heavy atom. The minimum absolute atomic E-state index is 0.0318. The number of aryl methyl sites for hydroxylation is 3. The molecule has 0 heterocycles. The van der Waals surface area contributed by atoms with E-state index in [1.54, 1.807) is 7.11 Å². The van der Waals surface area contributed by atoms with E-state index in [0.29, 0.717) is 12.8 Å². The smallest absolute Gasteiger partial charge is 0.224 e. The molecule has 116 valence electrons. The number of carbonyl (C=O) groups is 1. The predicted octanol–water partition coefficient (Wildman–Crippen LogP) is 4.65. The van der Waals surface area contributed by atoms with Gasteiger partial charge in [0.05, 0.1) is 11.6 Å². The van der Waals surface area contributed by atoms with Crippen molar-refractivity contribution in [1.29, 1.82) is 0 Å². The summed E-state index contributed by atoms with van der Waals surface area (Å²) in [7, 11) is 1.64. The molecule has 0 unspecified atom stereocenters. The fourth-order valence-electron chi connectivity index (χ4n) is 2.34. The summed E-state index contributed by atoms with van der Waals surface area (Å²) < 4.78 is 6.11. The van der Waals surface area contributed by atoms with Gasteiger partial charge in [0.25, 0.3) is 0 Å². The minimum Gasteiger partial charge on any atom is -0.496 e. The summed E-state index contributed by atoms with van der Waals surface area (Å²) in [6, 6.07) is 11.9. The standard InChI is InChI=1S/C18H20BrNO2/c1-12-5-4-6-13(2)18(12)20-17(21)10-8-14-7-9-16(22-3)15(19)11-14/h4-7,9,11H,8,10H2,1-3H3,(H,20,21). The topological polar surface area (TPSA) is 38.3 Å². The summed E-state index contributed by atoms with van der Waals surface area (Å²) in [6.45, 7) is 4.01. The molecule has 4 heteroatoms. The number of para-hydroxylation sites is 1. The van der Waals surface area contributed by atoms with Gasteiger partial charge in [0.1, 0.15) is 5.75 Å². The summed E-state index contributed by atoms with van der Waals surface area (Å²) in [5.74, 6) is 0.827. The van der Waals surface area contributed by atoms with Crippen molar-refractivity contribution in [3.63, 3.8) is 0 Å². The maximum absolute atomic E-state index is 12.2. The van der Waals surface area contributed by atoms with Crippen LogP contribution in [-0.2, 0) is 11.2 Å². The second-order valence-corrected chi connectivity index (χ2v) is 6.14. The van der Waals surface area contributed by atoms with Crippen LogP contribution in [0.4, 0.5) is 5.69 Å². The molecule has 22 heavy (non-hydrogen) atoms. The highest BCUT2D eigenvalue weighted by Gasteiger charge is 2.08. The van der Waals surface area contributed by atoms with Gasteiger partial charge in [-0.05, 0) is 65.0 Å².